The number of para-hydroxylation sites is 2. The number of carbonyl (C=O) groups is 4. The molecule has 26 heteroatoms. The number of halogens is 1. The molecule has 4 aromatic heterocycles. The first-order valence-corrected chi connectivity index (χ1v) is 26.0. The molecular formula is C55H44FN17O7S. The molecule has 6 aromatic carbocycles. The number of anilines is 4. The van der Waals surface area contributed by atoms with Gasteiger partial charge in [0.2, 0.25) is 15.9 Å². The van der Waals surface area contributed by atoms with Gasteiger partial charge in [-0.05, 0) is 117 Å². The number of H-pyrrole nitrogens is 2. The van der Waals surface area contributed by atoms with Crippen LogP contribution in [0.15, 0.2) is 138 Å². The van der Waals surface area contributed by atoms with Crippen molar-refractivity contribution in [2.24, 2.45) is 14.1 Å². The molecule has 10 aromatic rings. The van der Waals surface area contributed by atoms with Crippen molar-refractivity contribution >= 4 is 78.2 Å². The lowest BCUT2D eigenvalue weighted by Crippen LogP contribution is -2.40. The van der Waals surface area contributed by atoms with Gasteiger partial charge in [0.25, 0.3) is 17.7 Å². The van der Waals surface area contributed by atoms with Gasteiger partial charge in [-0.3, -0.25) is 19.2 Å². The third-order valence-corrected chi connectivity index (χ3v) is 15.0. The number of aryl methyl sites for hydroxylation is 2. The second kappa shape index (κ2) is 23.0. The summed E-state index contributed by atoms with van der Waals surface area (Å²) in [5.74, 6) is -1.41. The molecule has 0 atom stereocenters. The molecule has 24 nitrogen and oxygen atoms in total. The number of ether oxygens (including phenoxy) is 1. The molecule has 81 heavy (non-hydrogen) atoms. The SMILES string of the molecule is Cn1c(C(=O)Nc2ccc(C#N)cc2-c2nnn[nH]2)cc2cccc(NC(=O)Cc3ccc(F)cc3)c21.Cn1c(C(=O)Nc2ccc(C#N)cc2-c2nnn[nH]2)cc2cccc(NC(=O)c3cccc(S(=O)(=O)N4CCOCC4)c3)c21. The normalized spacial score (nSPS) is 12.4. The number of amides is 4. The van der Waals surface area contributed by atoms with Crippen LogP contribution in [0.25, 0.3) is 44.6 Å². The quantitative estimate of drug-likeness (QED) is 0.0712. The van der Waals surface area contributed by atoms with Gasteiger partial charge in [0, 0.05) is 54.6 Å². The van der Waals surface area contributed by atoms with Crippen LogP contribution in [0, 0.1) is 28.5 Å². The molecule has 1 aliphatic rings. The number of aromatic amines is 2. The summed E-state index contributed by atoms with van der Waals surface area (Å²) < 4.78 is 49.4. The number of fused-ring (bicyclic) bond motifs is 2. The molecule has 1 saturated heterocycles. The number of hydrogen-bond donors (Lipinski definition) is 6. The Morgan fingerprint density at radius 2 is 1.12 bits per heavy atom. The van der Waals surface area contributed by atoms with E-state index in [1.54, 1.807) is 108 Å². The number of carbonyl (C=O) groups excluding carboxylic acids is 4. The maximum Gasteiger partial charge on any atom is 0.272 e. The monoisotopic (exact) mass is 1110 g/mol. The zero-order chi connectivity index (χ0) is 56.8. The third-order valence-electron chi connectivity index (χ3n) is 13.1. The highest BCUT2D eigenvalue weighted by Gasteiger charge is 2.28. The van der Waals surface area contributed by atoms with E-state index in [9.17, 15) is 42.5 Å². The number of nitrogens with one attached hydrogen (secondary N) is 6. The number of aromatic nitrogens is 10. The van der Waals surface area contributed by atoms with Crippen LogP contribution in [-0.4, -0.2) is 113 Å². The fourth-order valence-electron chi connectivity index (χ4n) is 9.14. The number of benzene rings is 6. The summed E-state index contributed by atoms with van der Waals surface area (Å²) in [7, 11) is -0.364. The van der Waals surface area contributed by atoms with Crippen molar-refractivity contribution in [1.82, 2.24) is 54.7 Å². The fourth-order valence-corrected chi connectivity index (χ4v) is 10.6. The van der Waals surface area contributed by atoms with E-state index in [2.05, 4.69) is 74.7 Å². The first-order valence-electron chi connectivity index (χ1n) is 24.6. The van der Waals surface area contributed by atoms with Crippen LogP contribution in [0.4, 0.5) is 27.1 Å². The van der Waals surface area contributed by atoms with E-state index in [0.717, 1.165) is 5.39 Å². The van der Waals surface area contributed by atoms with Crippen LogP contribution in [-0.2, 0) is 40.1 Å². The maximum absolute atomic E-state index is 13.5. The minimum Gasteiger partial charge on any atom is -0.379 e. The lowest BCUT2D eigenvalue weighted by molar-refractivity contribution is -0.115. The molecule has 0 spiro atoms. The van der Waals surface area contributed by atoms with Crippen LogP contribution < -0.4 is 21.3 Å². The topological polar surface area (TPSA) is 329 Å². The second-order valence-corrected chi connectivity index (χ2v) is 20.1. The van der Waals surface area contributed by atoms with Crippen molar-refractivity contribution in [2.75, 3.05) is 47.6 Å². The molecule has 6 N–H and O–H groups in total. The van der Waals surface area contributed by atoms with Crippen molar-refractivity contribution < 1.29 is 36.7 Å². The van der Waals surface area contributed by atoms with Gasteiger partial charge in [-0.2, -0.15) is 14.8 Å². The van der Waals surface area contributed by atoms with Crippen LogP contribution >= 0.6 is 0 Å². The predicted octanol–water partition coefficient (Wildman–Crippen LogP) is 6.56. The summed E-state index contributed by atoms with van der Waals surface area (Å²) >= 11 is 0. The summed E-state index contributed by atoms with van der Waals surface area (Å²) in [6.07, 6.45) is 0.0758. The summed E-state index contributed by atoms with van der Waals surface area (Å²) in [6, 6.07) is 39.3. The number of morpholine rings is 1. The molecule has 0 saturated carbocycles. The Morgan fingerprint density at radius 3 is 1.63 bits per heavy atom. The van der Waals surface area contributed by atoms with E-state index in [4.69, 9.17) is 4.74 Å². The average molecular weight is 1110 g/mol. The Balaban J connectivity index is 0.000000185. The van der Waals surface area contributed by atoms with Crippen LogP contribution in [0.3, 0.4) is 0 Å². The maximum atomic E-state index is 13.5. The van der Waals surface area contributed by atoms with E-state index in [0.29, 0.717) is 97.4 Å². The molecule has 4 amide bonds. The van der Waals surface area contributed by atoms with Gasteiger partial charge in [-0.15, -0.1) is 10.2 Å². The van der Waals surface area contributed by atoms with Gasteiger partial charge in [0.15, 0.2) is 11.6 Å². The van der Waals surface area contributed by atoms with Crippen molar-refractivity contribution in [3.05, 3.63) is 173 Å². The predicted molar refractivity (Wildman–Crippen MR) is 293 cm³/mol. The number of tetrazole rings is 2. The highest BCUT2D eigenvalue weighted by Crippen LogP contribution is 2.32. The lowest BCUT2D eigenvalue weighted by atomic mass is 10.1. The number of nitriles is 2. The number of sulfonamides is 1. The zero-order valence-electron chi connectivity index (χ0n) is 42.8. The number of rotatable bonds is 13. The zero-order valence-corrected chi connectivity index (χ0v) is 43.6. The van der Waals surface area contributed by atoms with Crippen LogP contribution in [0.5, 0.6) is 0 Å². The largest absolute Gasteiger partial charge is 0.379 e. The molecule has 0 aliphatic carbocycles. The summed E-state index contributed by atoms with van der Waals surface area (Å²) in [6.45, 7) is 1.11. The molecule has 5 heterocycles. The lowest BCUT2D eigenvalue weighted by Gasteiger charge is -2.26. The average Bonchev–Trinajstić information content (AvgIpc) is 4.48. The molecule has 1 aliphatic heterocycles. The molecular weight excluding hydrogens is 1060 g/mol. The van der Waals surface area contributed by atoms with Gasteiger partial charge in [-0.1, -0.05) is 42.5 Å². The molecule has 0 radical (unpaired) electrons. The highest BCUT2D eigenvalue weighted by molar-refractivity contribution is 7.89. The van der Waals surface area contributed by atoms with Crippen molar-refractivity contribution in [3.8, 4) is 34.9 Å². The van der Waals surface area contributed by atoms with Crippen LogP contribution in [0.1, 0.15) is 48.0 Å². The second-order valence-electron chi connectivity index (χ2n) is 18.2. The Morgan fingerprint density at radius 1 is 0.617 bits per heavy atom. The molecule has 404 valence electrons. The molecule has 11 rings (SSSR count). The molecule has 1 fully saturated rings. The minimum atomic E-state index is -3.79. The molecule has 0 unspecified atom stereocenters. The fraction of sp³-hybridized carbons (Fsp3) is 0.127. The van der Waals surface area contributed by atoms with Crippen molar-refractivity contribution in [2.45, 2.75) is 11.3 Å². The third kappa shape index (κ3) is 11.5. The van der Waals surface area contributed by atoms with Gasteiger partial charge in [0.05, 0.1) is 81.6 Å². The smallest absolute Gasteiger partial charge is 0.272 e. The van der Waals surface area contributed by atoms with E-state index < -0.39 is 27.7 Å². The Hall–Kier alpha value is -10.8. The number of hydrogen-bond acceptors (Lipinski definition) is 15. The van der Waals surface area contributed by atoms with E-state index >= 15 is 0 Å². The van der Waals surface area contributed by atoms with Gasteiger partial charge >= 0.3 is 0 Å². The first kappa shape index (κ1) is 53.6. The summed E-state index contributed by atoms with van der Waals surface area (Å²) in [5.41, 5.74) is 6.17. The Labute approximate surface area is 459 Å². The summed E-state index contributed by atoms with van der Waals surface area (Å²) in [4.78, 5) is 52.8. The van der Waals surface area contributed by atoms with E-state index in [1.165, 1.54) is 40.7 Å². The standard InChI is InChI=1S/C29H25N9O5S.C26H19FN8O2/c1-37-25(29(40)31-23-9-8-18(17-30)14-22(23)27-33-35-36-34-27)16-19-4-3-7-24(26(19)37)32-28(39)20-5-2-6-21(15-20)44(41,42)38-10-12-43-13-11-38;1-35-22(26(37)30-20-10-7-16(14-28)11-19(20)25-31-33-34-32-25)13-17-3-2-4-21(24(17)35)29-23(36)12-15-5-8-18(27)9-6-15/h2-9,14-16H,10-13H2,1H3,(H,31,40)(H,32,39)(H,33,34,35,36);2-11,13H,12H2,1H3,(H,29,36)(H,30,37)(H,31,32,33,34). The van der Waals surface area contributed by atoms with Crippen LogP contribution in [0.2, 0.25) is 0 Å². The highest BCUT2D eigenvalue weighted by atomic mass is 32.2. The Bertz CT molecular complexity index is 4260. The van der Waals surface area contributed by atoms with E-state index in [-0.39, 0.29) is 47.5 Å². The van der Waals surface area contributed by atoms with Crippen molar-refractivity contribution in [3.63, 3.8) is 0 Å². The minimum absolute atomic E-state index is 0.0198. The van der Waals surface area contributed by atoms with E-state index in [1.807, 2.05) is 12.1 Å². The van der Waals surface area contributed by atoms with Gasteiger partial charge in [-0.25, -0.2) is 23.0 Å². The first-order chi connectivity index (χ1) is 39.2. The van der Waals surface area contributed by atoms with Gasteiger partial charge in [0.1, 0.15) is 17.2 Å². The van der Waals surface area contributed by atoms with Crippen molar-refractivity contribution in [1.29, 1.82) is 10.5 Å². The summed E-state index contributed by atoms with van der Waals surface area (Å²) in [5, 5.41) is 58.9. The Kier molecular flexibility index (Phi) is 15.2. The number of nitrogens with zero attached hydrogens (tertiary/aromatic N) is 11. The van der Waals surface area contributed by atoms with Gasteiger partial charge < -0.3 is 35.1 Å². The molecule has 0 bridgehead atoms.